The van der Waals surface area contributed by atoms with Crippen molar-refractivity contribution in [1.82, 2.24) is 9.88 Å². The SMILES string of the molecule is CC[C@H]1CN2CC[C@H]1C[C@H]2[C@H](OC(=O)c1ccccc1Cl)c1ccnc2ccccc12. The number of aromatic nitrogens is 1. The van der Waals surface area contributed by atoms with E-state index in [1.165, 1.54) is 12.8 Å². The molecule has 0 N–H and O–H groups in total. The summed E-state index contributed by atoms with van der Waals surface area (Å²) in [5, 5.41) is 1.46. The first-order chi connectivity index (χ1) is 15.2. The van der Waals surface area contributed by atoms with Crippen molar-refractivity contribution in [3.63, 3.8) is 0 Å². The molecule has 160 valence electrons. The highest BCUT2D eigenvalue weighted by Crippen LogP contribution is 2.44. The zero-order valence-corrected chi connectivity index (χ0v) is 18.5. The Bertz CT molecular complexity index is 1100. The number of esters is 1. The number of ether oxygens (including phenoxy) is 1. The van der Waals surface area contributed by atoms with Gasteiger partial charge in [0.2, 0.25) is 0 Å². The van der Waals surface area contributed by atoms with Gasteiger partial charge in [0.25, 0.3) is 0 Å². The van der Waals surface area contributed by atoms with Crippen LogP contribution in [0.1, 0.15) is 48.2 Å². The average molecular weight is 435 g/mol. The first-order valence-electron chi connectivity index (χ1n) is 11.2. The number of carbonyl (C=O) groups excluding carboxylic acids is 1. The summed E-state index contributed by atoms with van der Waals surface area (Å²) in [4.78, 5) is 20.3. The molecule has 5 heteroatoms. The number of hydrogen-bond acceptors (Lipinski definition) is 4. The molecule has 0 radical (unpaired) electrons. The zero-order valence-electron chi connectivity index (χ0n) is 17.7. The van der Waals surface area contributed by atoms with Crippen LogP contribution in [0, 0.1) is 11.8 Å². The second-order valence-electron chi connectivity index (χ2n) is 8.74. The van der Waals surface area contributed by atoms with Gasteiger partial charge in [-0.3, -0.25) is 9.88 Å². The monoisotopic (exact) mass is 434 g/mol. The van der Waals surface area contributed by atoms with Crippen molar-refractivity contribution in [2.24, 2.45) is 11.8 Å². The van der Waals surface area contributed by atoms with Crippen molar-refractivity contribution in [3.05, 3.63) is 76.9 Å². The molecule has 3 aromatic rings. The van der Waals surface area contributed by atoms with Crippen LogP contribution in [0.2, 0.25) is 5.02 Å². The third-order valence-corrected chi connectivity index (χ3v) is 7.46. The molecule has 3 aliphatic heterocycles. The second kappa shape index (κ2) is 8.60. The zero-order chi connectivity index (χ0) is 21.4. The van der Waals surface area contributed by atoms with E-state index in [0.717, 1.165) is 41.9 Å². The van der Waals surface area contributed by atoms with Gasteiger partial charge in [-0.1, -0.05) is 55.3 Å². The lowest BCUT2D eigenvalue weighted by atomic mass is 9.72. The molecule has 0 spiro atoms. The second-order valence-corrected chi connectivity index (χ2v) is 9.15. The number of nitrogens with zero attached hydrogens (tertiary/aromatic N) is 2. The van der Waals surface area contributed by atoms with Crippen molar-refractivity contribution >= 4 is 28.5 Å². The van der Waals surface area contributed by atoms with E-state index >= 15 is 0 Å². The largest absolute Gasteiger partial charge is 0.452 e. The number of halogens is 1. The van der Waals surface area contributed by atoms with E-state index in [1.807, 2.05) is 42.6 Å². The summed E-state index contributed by atoms with van der Waals surface area (Å²) >= 11 is 6.31. The molecule has 0 aliphatic carbocycles. The highest BCUT2D eigenvalue weighted by atomic mass is 35.5. The molecular weight excluding hydrogens is 408 g/mol. The average Bonchev–Trinajstić information content (AvgIpc) is 2.82. The Morgan fingerprint density at radius 3 is 2.77 bits per heavy atom. The van der Waals surface area contributed by atoms with Crippen molar-refractivity contribution in [3.8, 4) is 0 Å². The van der Waals surface area contributed by atoms with Gasteiger partial charge in [0.05, 0.1) is 22.1 Å². The summed E-state index contributed by atoms with van der Waals surface area (Å²) in [6.45, 7) is 4.43. The van der Waals surface area contributed by atoms with Crippen molar-refractivity contribution in [1.29, 1.82) is 0 Å². The van der Waals surface area contributed by atoms with Gasteiger partial charge in [-0.25, -0.2) is 4.79 Å². The van der Waals surface area contributed by atoms with E-state index < -0.39 is 0 Å². The topological polar surface area (TPSA) is 42.4 Å². The van der Waals surface area contributed by atoms with Gasteiger partial charge in [0.15, 0.2) is 0 Å². The first-order valence-corrected chi connectivity index (χ1v) is 11.6. The van der Waals surface area contributed by atoms with Crippen LogP contribution in [0.4, 0.5) is 0 Å². The molecule has 3 fully saturated rings. The number of fused-ring (bicyclic) bond motifs is 4. The van der Waals surface area contributed by atoms with Crippen LogP contribution in [-0.2, 0) is 4.74 Å². The molecule has 2 aromatic carbocycles. The maximum Gasteiger partial charge on any atom is 0.340 e. The van der Waals surface area contributed by atoms with Gasteiger partial charge in [-0.05, 0) is 55.5 Å². The minimum Gasteiger partial charge on any atom is -0.452 e. The Morgan fingerprint density at radius 2 is 2.00 bits per heavy atom. The standard InChI is InChI=1S/C26H27ClN2O2/c1-2-17-16-29-14-12-18(17)15-24(29)25(31-26(30)21-8-3-5-9-22(21)27)20-11-13-28-23-10-6-4-7-19(20)23/h3-11,13,17-18,24-25H,2,12,14-16H2,1H3/t17-,18-,24-,25+/m0/s1. The predicted molar refractivity (Wildman–Crippen MR) is 123 cm³/mol. The van der Waals surface area contributed by atoms with E-state index in [0.29, 0.717) is 16.5 Å². The maximum atomic E-state index is 13.2. The number of carbonyl (C=O) groups is 1. The van der Waals surface area contributed by atoms with E-state index in [2.05, 4.69) is 22.9 Å². The quantitative estimate of drug-likeness (QED) is 0.468. The number of rotatable bonds is 5. The minimum absolute atomic E-state index is 0.166. The summed E-state index contributed by atoms with van der Waals surface area (Å²) in [6, 6.07) is 17.3. The molecule has 5 atom stereocenters. The summed E-state index contributed by atoms with van der Waals surface area (Å²) in [6.07, 6.45) is 4.94. The molecule has 31 heavy (non-hydrogen) atoms. The molecule has 6 rings (SSSR count). The highest BCUT2D eigenvalue weighted by Gasteiger charge is 2.44. The third-order valence-electron chi connectivity index (χ3n) is 7.13. The van der Waals surface area contributed by atoms with Crippen molar-refractivity contribution in [2.45, 2.75) is 38.3 Å². The fraction of sp³-hybridized carbons (Fsp3) is 0.385. The van der Waals surface area contributed by atoms with Gasteiger partial charge in [0.1, 0.15) is 6.10 Å². The summed E-state index contributed by atoms with van der Waals surface area (Å²) in [7, 11) is 0. The van der Waals surface area contributed by atoms with E-state index in [4.69, 9.17) is 16.3 Å². The maximum absolute atomic E-state index is 13.2. The van der Waals surface area contributed by atoms with Crippen LogP contribution in [0.15, 0.2) is 60.8 Å². The molecule has 0 saturated carbocycles. The summed E-state index contributed by atoms with van der Waals surface area (Å²) in [5.74, 6) is 1.06. The lowest BCUT2D eigenvalue weighted by molar-refractivity contribution is -0.0659. The fourth-order valence-corrected chi connectivity index (χ4v) is 5.69. The predicted octanol–water partition coefficient (Wildman–Crippen LogP) is 5.91. The number of piperidine rings is 3. The molecule has 1 unspecified atom stereocenters. The first kappa shape index (κ1) is 20.5. The molecule has 2 bridgehead atoms. The van der Waals surface area contributed by atoms with E-state index in [-0.39, 0.29) is 18.1 Å². The number of benzene rings is 2. The Morgan fingerprint density at radius 1 is 1.19 bits per heavy atom. The smallest absolute Gasteiger partial charge is 0.340 e. The summed E-state index contributed by atoms with van der Waals surface area (Å²) in [5.41, 5.74) is 2.35. The van der Waals surface area contributed by atoms with Gasteiger partial charge < -0.3 is 4.74 Å². The molecule has 3 aliphatic rings. The molecule has 3 saturated heterocycles. The highest BCUT2D eigenvalue weighted by molar-refractivity contribution is 6.33. The van der Waals surface area contributed by atoms with Crippen LogP contribution in [-0.4, -0.2) is 35.0 Å². The third kappa shape index (κ3) is 3.83. The molecule has 0 amide bonds. The van der Waals surface area contributed by atoms with Gasteiger partial charge in [0, 0.05) is 23.7 Å². The lowest BCUT2D eigenvalue weighted by Gasteiger charge is -2.51. The van der Waals surface area contributed by atoms with Crippen LogP contribution in [0.3, 0.4) is 0 Å². The Hall–Kier alpha value is -2.43. The minimum atomic E-state index is -0.369. The lowest BCUT2D eigenvalue weighted by Crippen LogP contribution is -2.55. The Kier molecular flexibility index (Phi) is 5.68. The normalized spacial score (nSPS) is 26.0. The summed E-state index contributed by atoms with van der Waals surface area (Å²) < 4.78 is 6.28. The van der Waals surface area contributed by atoms with Gasteiger partial charge >= 0.3 is 5.97 Å². The number of para-hydroxylation sites is 1. The molecule has 1 aromatic heterocycles. The van der Waals surface area contributed by atoms with Crippen LogP contribution in [0.5, 0.6) is 0 Å². The Balaban J connectivity index is 1.55. The fourth-order valence-electron chi connectivity index (χ4n) is 5.48. The van der Waals surface area contributed by atoms with E-state index in [1.54, 1.807) is 12.1 Å². The van der Waals surface area contributed by atoms with Gasteiger partial charge in [-0.15, -0.1) is 0 Å². The molecular formula is C26H27ClN2O2. The molecule has 4 nitrogen and oxygen atoms in total. The van der Waals surface area contributed by atoms with Gasteiger partial charge in [-0.2, -0.15) is 0 Å². The number of hydrogen-bond donors (Lipinski definition) is 0. The molecule has 4 heterocycles. The van der Waals surface area contributed by atoms with Crippen molar-refractivity contribution in [2.75, 3.05) is 13.1 Å². The Labute approximate surface area is 188 Å². The van der Waals surface area contributed by atoms with Crippen LogP contribution in [0.25, 0.3) is 10.9 Å². The van der Waals surface area contributed by atoms with Crippen LogP contribution < -0.4 is 0 Å². The number of pyridine rings is 1. The van der Waals surface area contributed by atoms with Crippen LogP contribution >= 0.6 is 11.6 Å². The van der Waals surface area contributed by atoms with Crippen molar-refractivity contribution < 1.29 is 9.53 Å². The van der Waals surface area contributed by atoms with E-state index in [9.17, 15) is 4.79 Å².